The van der Waals surface area contributed by atoms with Crippen LogP contribution in [0.25, 0.3) is 0 Å². The Hall–Kier alpha value is -2.67. The summed E-state index contributed by atoms with van der Waals surface area (Å²) in [4.78, 5) is 53.3. The van der Waals surface area contributed by atoms with E-state index in [2.05, 4.69) is 44.7 Å². The number of benzene rings is 1. The molecule has 3 heterocycles. The summed E-state index contributed by atoms with van der Waals surface area (Å²) in [5.74, 6) is 0.135. The summed E-state index contributed by atoms with van der Waals surface area (Å²) in [7, 11) is 1.73. The van der Waals surface area contributed by atoms with Crippen molar-refractivity contribution in [3.8, 4) is 0 Å². The van der Waals surface area contributed by atoms with E-state index in [0.29, 0.717) is 57.9 Å². The topological polar surface area (TPSA) is 138 Å². The second-order valence-corrected chi connectivity index (χ2v) is 15.9. The van der Waals surface area contributed by atoms with Crippen LogP contribution in [-0.2, 0) is 33.8 Å². The van der Waals surface area contributed by atoms with Gasteiger partial charge in [-0.1, -0.05) is 13.8 Å². The van der Waals surface area contributed by atoms with Crippen molar-refractivity contribution in [2.75, 3.05) is 39.9 Å². The SMILES string of the molecule is CC(C)c1nc(CN(C)C(=O)NC(CCN2CCOCC2)C(=O)NC([CH2][Pb])CCC(Cc2ccccc2)NC(=O)OCc2cncs2)cs1. The first-order valence-corrected chi connectivity index (χ1v) is 21.3. The fourth-order valence-electron chi connectivity index (χ4n) is 5.35. The van der Waals surface area contributed by atoms with Gasteiger partial charge in [0, 0.05) is 5.92 Å². The zero-order valence-electron chi connectivity index (χ0n) is 28.6. The molecule has 1 fully saturated rings. The minimum atomic E-state index is -0.699. The Morgan fingerprint density at radius 2 is 1.80 bits per heavy atom. The van der Waals surface area contributed by atoms with E-state index in [1.54, 1.807) is 35.0 Å². The first kappa shape index (κ1) is 39.1. The Morgan fingerprint density at radius 3 is 2.47 bits per heavy atom. The van der Waals surface area contributed by atoms with Gasteiger partial charge in [-0.25, -0.2) is 0 Å². The van der Waals surface area contributed by atoms with E-state index < -0.39 is 12.1 Å². The van der Waals surface area contributed by atoms with Crippen molar-refractivity contribution >= 4 is 66.5 Å². The molecule has 12 nitrogen and oxygen atoms in total. The standard InChI is InChI=1S/C34H48N7O5S2.Pb/c1-24(2)32-37-28(22-47-32)20-40(4)33(43)39-30(12-13-41-14-16-45-17-15-41)31(42)36-25(3)10-11-27(18-26-8-6-5-7-9-26)38-34(44)46-21-29-19-35-23-48-29;/h5-9,19,22-25,27,30H,3,10-18,20-21H2,1-2,4H3,(H,36,42)(H,38,44)(H,39,43);. The molecule has 0 spiro atoms. The third-order valence-electron chi connectivity index (χ3n) is 8.19. The molecule has 3 radical (unpaired) electrons. The van der Waals surface area contributed by atoms with Crippen LogP contribution in [0.3, 0.4) is 0 Å². The van der Waals surface area contributed by atoms with Gasteiger partial charge in [-0.3, -0.25) is 0 Å². The molecule has 4 rings (SSSR count). The zero-order chi connectivity index (χ0) is 35.0. The number of nitrogens with one attached hydrogen (secondary N) is 3. The maximum absolute atomic E-state index is 13.8. The number of hydrogen-bond donors (Lipinski definition) is 3. The molecule has 265 valence electrons. The molecule has 0 aliphatic carbocycles. The molecular formula is C34H48N7O5PbS2. The van der Waals surface area contributed by atoms with E-state index in [1.165, 1.54) is 11.3 Å². The van der Waals surface area contributed by atoms with Crippen molar-refractivity contribution in [1.82, 2.24) is 35.7 Å². The van der Waals surface area contributed by atoms with Crippen LogP contribution in [0, 0.1) is 0 Å². The molecule has 4 amide bonds. The summed E-state index contributed by atoms with van der Waals surface area (Å²) < 4.78 is 11.8. The molecule has 49 heavy (non-hydrogen) atoms. The van der Waals surface area contributed by atoms with Crippen LogP contribution >= 0.6 is 22.7 Å². The molecule has 1 saturated heterocycles. The van der Waals surface area contributed by atoms with Crippen LogP contribution < -0.4 is 16.0 Å². The zero-order valence-corrected chi connectivity index (χ0v) is 34.1. The fraction of sp³-hybridized carbons (Fsp3) is 0.559. The van der Waals surface area contributed by atoms with Crippen molar-refractivity contribution in [3.05, 3.63) is 68.6 Å². The number of alkyl carbamates (subject to hydrolysis) is 1. The number of hydrogen-bond acceptors (Lipinski definition) is 10. The molecular weight excluding hydrogens is 858 g/mol. The van der Waals surface area contributed by atoms with E-state index in [9.17, 15) is 14.4 Å². The Kier molecular flexibility index (Phi) is 16.7. The van der Waals surface area contributed by atoms with Crippen molar-refractivity contribution in [2.24, 2.45) is 0 Å². The minimum absolute atomic E-state index is 0.0857. The first-order valence-electron chi connectivity index (χ1n) is 16.8. The third-order valence-corrected chi connectivity index (χ3v) is 12.1. The Morgan fingerprint density at radius 1 is 1.04 bits per heavy atom. The van der Waals surface area contributed by atoms with Crippen molar-refractivity contribution in [1.29, 1.82) is 0 Å². The van der Waals surface area contributed by atoms with Crippen LogP contribution in [0.15, 0.2) is 47.4 Å². The first-order chi connectivity index (χ1) is 23.7. The van der Waals surface area contributed by atoms with Gasteiger partial charge in [0.1, 0.15) is 0 Å². The number of carbonyl (C=O) groups excluding carboxylic acids is 3. The van der Waals surface area contributed by atoms with Crippen LogP contribution in [-0.4, -0.2) is 122 Å². The van der Waals surface area contributed by atoms with E-state index >= 15 is 0 Å². The van der Waals surface area contributed by atoms with Gasteiger partial charge in [-0.2, -0.15) is 0 Å². The summed E-state index contributed by atoms with van der Waals surface area (Å²) in [5, 5.41) is 12.3. The third kappa shape index (κ3) is 13.9. The summed E-state index contributed by atoms with van der Waals surface area (Å²) in [6.07, 6.45) is 3.66. The molecule has 3 unspecified atom stereocenters. The van der Waals surface area contributed by atoms with Gasteiger partial charge in [0.2, 0.25) is 0 Å². The van der Waals surface area contributed by atoms with E-state index in [0.717, 1.165) is 64.0 Å². The maximum atomic E-state index is 13.8. The summed E-state index contributed by atoms with van der Waals surface area (Å²) in [5.41, 5.74) is 3.65. The average Bonchev–Trinajstić information content (AvgIpc) is 3.81. The number of nitrogens with zero attached hydrogens (tertiary/aromatic N) is 4. The van der Waals surface area contributed by atoms with Crippen molar-refractivity contribution in [3.63, 3.8) is 0 Å². The molecule has 1 aliphatic heterocycles. The Balaban J connectivity index is 1.36. The van der Waals surface area contributed by atoms with E-state index in [4.69, 9.17) is 9.47 Å². The monoisotopic (exact) mass is 906 g/mol. The number of urea groups is 1. The quantitative estimate of drug-likeness (QED) is 0.161. The number of rotatable bonds is 18. The fourth-order valence-corrected chi connectivity index (χ4v) is 7.87. The summed E-state index contributed by atoms with van der Waals surface area (Å²) in [6.45, 7) is 8.33. The van der Waals surface area contributed by atoms with Gasteiger partial charge in [0.05, 0.1) is 0 Å². The Labute approximate surface area is 313 Å². The molecule has 3 atom stereocenters. The second-order valence-electron chi connectivity index (χ2n) is 12.5. The molecule has 3 aromatic rings. The molecule has 3 N–H and O–H groups in total. The predicted molar refractivity (Wildman–Crippen MR) is 193 cm³/mol. The van der Waals surface area contributed by atoms with Gasteiger partial charge in [0.15, 0.2) is 0 Å². The van der Waals surface area contributed by atoms with Gasteiger partial charge in [-0.15, -0.1) is 0 Å². The number of aromatic nitrogens is 2. The number of morpholine rings is 1. The van der Waals surface area contributed by atoms with Gasteiger partial charge < -0.3 is 0 Å². The number of thiazole rings is 2. The van der Waals surface area contributed by atoms with Crippen LogP contribution in [0.4, 0.5) is 9.59 Å². The number of ether oxygens (including phenoxy) is 2. The van der Waals surface area contributed by atoms with Crippen LogP contribution in [0.2, 0.25) is 3.98 Å². The molecule has 1 aromatic carbocycles. The normalized spacial score (nSPS) is 15.3. The predicted octanol–water partition coefficient (Wildman–Crippen LogP) is 4.34. The number of carbonyl (C=O) groups is 3. The summed E-state index contributed by atoms with van der Waals surface area (Å²) >= 11 is 3.92. The van der Waals surface area contributed by atoms with Crippen LogP contribution in [0.5, 0.6) is 0 Å². The average molecular weight is 906 g/mol. The Bertz CT molecular complexity index is 1420. The van der Waals surface area contributed by atoms with E-state index in [1.807, 2.05) is 35.7 Å². The second kappa shape index (κ2) is 20.9. The van der Waals surface area contributed by atoms with E-state index in [-0.39, 0.29) is 30.6 Å². The molecule has 2 aromatic heterocycles. The van der Waals surface area contributed by atoms with Gasteiger partial charge >= 0.3 is 295 Å². The van der Waals surface area contributed by atoms with Gasteiger partial charge in [-0.05, 0) is 0 Å². The molecule has 0 bridgehead atoms. The van der Waals surface area contributed by atoms with Crippen molar-refractivity contribution < 1.29 is 23.9 Å². The van der Waals surface area contributed by atoms with Crippen molar-refractivity contribution in [2.45, 2.75) is 80.7 Å². The van der Waals surface area contributed by atoms with Crippen LogP contribution in [0.1, 0.15) is 60.2 Å². The summed E-state index contributed by atoms with van der Waals surface area (Å²) in [6, 6.07) is 8.74. The molecule has 15 heteroatoms. The van der Waals surface area contributed by atoms with Gasteiger partial charge in [0.25, 0.3) is 0 Å². The molecule has 1 aliphatic rings. The molecule has 0 saturated carbocycles. The number of amides is 4.